The Kier molecular flexibility index (Phi) is 4.24. The maximum absolute atomic E-state index is 12.2. The summed E-state index contributed by atoms with van der Waals surface area (Å²) < 4.78 is 1.74. The number of carboxylic acids is 1. The first-order chi connectivity index (χ1) is 11.6. The Hall–Kier alpha value is -3.21. The molecule has 5 heteroatoms. The zero-order chi connectivity index (χ0) is 17.1. The summed E-state index contributed by atoms with van der Waals surface area (Å²) in [6.07, 6.45) is 1.12. The number of aliphatic carboxylic acids is 1. The van der Waals surface area contributed by atoms with Gasteiger partial charge in [0, 0.05) is 12.7 Å². The van der Waals surface area contributed by atoms with Crippen molar-refractivity contribution in [3.05, 3.63) is 72.1 Å². The minimum Gasteiger partial charge on any atom is -0.475 e. The van der Waals surface area contributed by atoms with Crippen molar-refractivity contribution in [2.75, 3.05) is 0 Å². The van der Waals surface area contributed by atoms with Gasteiger partial charge >= 0.3 is 5.97 Å². The van der Waals surface area contributed by atoms with Gasteiger partial charge in [-0.15, -0.1) is 0 Å². The first kappa shape index (κ1) is 15.7. The first-order valence-corrected chi connectivity index (χ1v) is 7.47. The van der Waals surface area contributed by atoms with Crippen molar-refractivity contribution in [3.63, 3.8) is 0 Å². The third kappa shape index (κ3) is 3.10. The van der Waals surface area contributed by atoms with E-state index in [1.165, 1.54) is 0 Å². The van der Waals surface area contributed by atoms with Crippen LogP contribution in [0.15, 0.2) is 60.8 Å². The van der Waals surface area contributed by atoms with Crippen molar-refractivity contribution in [3.8, 4) is 0 Å². The zero-order valence-electron chi connectivity index (χ0n) is 12.8. The topological polar surface area (TPSA) is 76.4 Å². The summed E-state index contributed by atoms with van der Waals surface area (Å²) >= 11 is 0. The second-order valence-corrected chi connectivity index (χ2v) is 5.49. The van der Waals surface area contributed by atoms with Crippen LogP contribution in [0, 0.1) is 0 Å². The molecular weight excluding hydrogens is 306 g/mol. The summed E-state index contributed by atoms with van der Waals surface area (Å²) in [7, 11) is 0. The number of carbonyl (C=O) groups excluding carboxylic acids is 2. The van der Waals surface area contributed by atoms with E-state index >= 15 is 0 Å². The Morgan fingerprint density at radius 3 is 2.46 bits per heavy atom. The maximum atomic E-state index is 12.2. The lowest BCUT2D eigenvalue weighted by Crippen LogP contribution is -2.19. The fourth-order valence-electron chi connectivity index (χ4n) is 2.73. The zero-order valence-corrected chi connectivity index (χ0v) is 12.8. The van der Waals surface area contributed by atoms with Crippen LogP contribution >= 0.6 is 0 Å². The average Bonchev–Trinajstić information content (AvgIpc) is 3.03. The standard InChI is InChI=1S/C19H15NO4/c21-17(11-18(22)19(23)24)16-9-4-10-20(16)12-14-7-3-6-13-5-1-2-8-15(13)14/h1-10H,11-12H2,(H,23,24). The summed E-state index contributed by atoms with van der Waals surface area (Å²) in [6, 6.07) is 17.2. The Morgan fingerprint density at radius 1 is 0.917 bits per heavy atom. The largest absolute Gasteiger partial charge is 0.475 e. The first-order valence-electron chi connectivity index (χ1n) is 7.47. The van der Waals surface area contributed by atoms with Gasteiger partial charge in [-0.1, -0.05) is 42.5 Å². The van der Waals surface area contributed by atoms with E-state index in [1.54, 1.807) is 22.9 Å². The van der Waals surface area contributed by atoms with Gasteiger partial charge in [-0.05, 0) is 28.5 Å². The Bertz CT molecular complexity index is 934. The molecule has 1 aromatic heterocycles. The van der Waals surface area contributed by atoms with Crippen LogP contribution in [0.1, 0.15) is 22.5 Å². The van der Waals surface area contributed by atoms with Gasteiger partial charge in [-0.3, -0.25) is 9.59 Å². The molecule has 0 radical (unpaired) electrons. The molecule has 0 saturated carbocycles. The molecule has 120 valence electrons. The predicted octanol–water partition coefficient (Wildman–Crippen LogP) is 2.92. The minimum absolute atomic E-state index is 0.331. The van der Waals surface area contributed by atoms with E-state index < -0.39 is 24.0 Å². The molecule has 0 bridgehead atoms. The third-order valence-corrected chi connectivity index (χ3v) is 3.90. The lowest BCUT2D eigenvalue weighted by atomic mass is 10.0. The van der Waals surface area contributed by atoms with E-state index in [2.05, 4.69) is 0 Å². The Labute approximate surface area is 138 Å². The summed E-state index contributed by atoms with van der Waals surface area (Å²) in [5, 5.41) is 10.8. The molecule has 0 atom stereocenters. The van der Waals surface area contributed by atoms with E-state index in [0.717, 1.165) is 16.3 Å². The van der Waals surface area contributed by atoms with Gasteiger partial charge in [0.05, 0.1) is 12.1 Å². The normalized spacial score (nSPS) is 10.7. The molecule has 0 amide bonds. The number of aromatic nitrogens is 1. The lowest BCUT2D eigenvalue weighted by molar-refractivity contribution is -0.148. The quantitative estimate of drug-likeness (QED) is 0.430. The number of carbonyl (C=O) groups is 3. The molecule has 0 aliphatic rings. The third-order valence-electron chi connectivity index (χ3n) is 3.90. The summed E-state index contributed by atoms with van der Waals surface area (Å²) in [5.41, 5.74) is 1.38. The monoisotopic (exact) mass is 321 g/mol. The van der Waals surface area contributed by atoms with Gasteiger partial charge in [0.15, 0.2) is 5.78 Å². The van der Waals surface area contributed by atoms with Gasteiger partial charge in [0.1, 0.15) is 0 Å². The second kappa shape index (κ2) is 6.50. The van der Waals surface area contributed by atoms with Crippen LogP contribution in [0.25, 0.3) is 10.8 Å². The molecule has 0 aliphatic carbocycles. The van der Waals surface area contributed by atoms with Gasteiger partial charge in [-0.25, -0.2) is 4.79 Å². The van der Waals surface area contributed by atoms with Gasteiger partial charge in [-0.2, -0.15) is 0 Å². The predicted molar refractivity (Wildman–Crippen MR) is 89.1 cm³/mol. The van der Waals surface area contributed by atoms with Crippen LogP contribution in [0.5, 0.6) is 0 Å². The van der Waals surface area contributed by atoms with Crippen molar-refractivity contribution in [2.45, 2.75) is 13.0 Å². The van der Waals surface area contributed by atoms with Crippen LogP contribution < -0.4 is 0 Å². The molecule has 0 saturated heterocycles. The smallest absolute Gasteiger partial charge is 0.372 e. The Morgan fingerprint density at radius 2 is 1.67 bits per heavy atom. The number of hydrogen-bond acceptors (Lipinski definition) is 3. The van der Waals surface area contributed by atoms with E-state index in [4.69, 9.17) is 5.11 Å². The molecule has 24 heavy (non-hydrogen) atoms. The molecule has 0 aliphatic heterocycles. The number of rotatable bonds is 6. The molecule has 1 N–H and O–H groups in total. The van der Waals surface area contributed by atoms with E-state index in [-0.39, 0.29) is 0 Å². The van der Waals surface area contributed by atoms with Crippen molar-refractivity contribution < 1.29 is 19.5 Å². The highest BCUT2D eigenvalue weighted by atomic mass is 16.4. The van der Waals surface area contributed by atoms with Gasteiger partial charge < -0.3 is 9.67 Å². The van der Waals surface area contributed by atoms with Crippen LogP contribution in [0.3, 0.4) is 0 Å². The fraction of sp³-hybridized carbons (Fsp3) is 0.105. The van der Waals surface area contributed by atoms with Crippen molar-refractivity contribution >= 4 is 28.3 Å². The summed E-state index contributed by atoms with van der Waals surface area (Å²) in [4.78, 5) is 34.1. The van der Waals surface area contributed by atoms with Crippen LogP contribution in [0.2, 0.25) is 0 Å². The lowest BCUT2D eigenvalue weighted by Gasteiger charge is -2.11. The number of carboxylic acid groups (broad SMARTS) is 1. The minimum atomic E-state index is -1.59. The van der Waals surface area contributed by atoms with Gasteiger partial charge in [0.2, 0.25) is 5.78 Å². The molecule has 0 unspecified atom stereocenters. The van der Waals surface area contributed by atoms with Crippen molar-refractivity contribution in [1.29, 1.82) is 0 Å². The molecular formula is C19H15NO4. The van der Waals surface area contributed by atoms with Crippen LogP contribution in [-0.4, -0.2) is 27.2 Å². The van der Waals surface area contributed by atoms with Crippen LogP contribution in [0.4, 0.5) is 0 Å². The van der Waals surface area contributed by atoms with Crippen molar-refractivity contribution in [1.82, 2.24) is 4.57 Å². The van der Waals surface area contributed by atoms with E-state index in [1.807, 2.05) is 42.5 Å². The maximum Gasteiger partial charge on any atom is 0.372 e. The van der Waals surface area contributed by atoms with Crippen molar-refractivity contribution in [2.24, 2.45) is 0 Å². The second-order valence-electron chi connectivity index (χ2n) is 5.49. The van der Waals surface area contributed by atoms with Crippen LogP contribution in [-0.2, 0) is 16.1 Å². The number of nitrogens with zero attached hydrogens (tertiary/aromatic N) is 1. The molecule has 2 aromatic carbocycles. The molecule has 0 spiro atoms. The highest BCUT2D eigenvalue weighted by Gasteiger charge is 2.20. The molecule has 1 heterocycles. The van der Waals surface area contributed by atoms with E-state index in [9.17, 15) is 14.4 Å². The Balaban J connectivity index is 1.89. The molecule has 3 aromatic rings. The summed E-state index contributed by atoms with van der Waals surface area (Å²) in [5.74, 6) is -3.18. The molecule has 3 rings (SSSR count). The highest BCUT2D eigenvalue weighted by molar-refractivity contribution is 6.37. The summed E-state index contributed by atoms with van der Waals surface area (Å²) in [6.45, 7) is 0.469. The fourth-order valence-corrected chi connectivity index (χ4v) is 2.73. The molecule has 5 nitrogen and oxygen atoms in total. The number of ketones is 2. The van der Waals surface area contributed by atoms with Gasteiger partial charge in [0.25, 0.3) is 0 Å². The average molecular weight is 321 g/mol. The number of Topliss-reactive ketones (excluding diaryl/α,β-unsaturated/α-hetero) is 2. The SMILES string of the molecule is O=C(O)C(=O)CC(=O)c1cccn1Cc1cccc2ccccc12. The van der Waals surface area contributed by atoms with E-state index in [0.29, 0.717) is 12.2 Å². The molecule has 0 fully saturated rings. The number of hydrogen-bond donors (Lipinski definition) is 1. The highest BCUT2D eigenvalue weighted by Crippen LogP contribution is 2.20. The number of benzene rings is 2. The number of fused-ring (bicyclic) bond motifs is 1.